The summed E-state index contributed by atoms with van der Waals surface area (Å²) in [4.78, 5) is 16.7. The highest BCUT2D eigenvalue weighted by Crippen LogP contribution is 2.45. The monoisotopic (exact) mass is 483 g/mol. The quantitative estimate of drug-likeness (QED) is 0.454. The molecule has 1 amide bonds. The van der Waals surface area contributed by atoms with Crippen LogP contribution >= 0.6 is 0 Å². The van der Waals surface area contributed by atoms with Crippen LogP contribution in [0.4, 0.5) is 11.4 Å². The molecule has 1 heterocycles. The molecule has 4 rings (SSSR count). The maximum Gasteiger partial charge on any atom is 0.261 e. The second-order valence-electron chi connectivity index (χ2n) is 10.0. The van der Waals surface area contributed by atoms with E-state index in [2.05, 4.69) is 20.2 Å². The van der Waals surface area contributed by atoms with E-state index in [9.17, 15) is 13.2 Å². The predicted octanol–water partition coefficient (Wildman–Crippen LogP) is 4.32. The van der Waals surface area contributed by atoms with Gasteiger partial charge in [-0.2, -0.15) is 4.98 Å². The number of rotatable bonds is 7. The molecule has 10 heteroatoms. The molecule has 2 aromatic carbocycles. The van der Waals surface area contributed by atoms with E-state index in [1.54, 1.807) is 36.4 Å². The van der Waals surface area contributed by atoms with Crippen LogP contribution in [0.5, 0.6) is 0 Å². The summed E-state index contributed by atoms with van der Waals surface area (Å²) in [5, 5.41) is 6.82. The average molecular weight is 484 g/mol. The molecule has 1 aromatic heterocycles. The van der Waals surface area contributed by atoms with Crippen LogP contribution < -0.4 is 15.8 Å². The maximum atomic E-state index is 12.9. The maximum absolute atomic E-state index is 12.9. The lowest BCUT2D eigenvalue weighted by Gasteiger charge is -2.23. The van der Waals surface area contributed by atoms with Gasteiger partial charge in [-0.25, -0.2) is 8.42 Å². The van der Waals surface area contributed by atoms with Gasteiger partial charge in [0.05, 0.1) is 16.6 Å². The molecule has 0 bridgehead atoms. The van der Waals surface area contributed by atoms with Crippen LogP contribution in [0.25, 0.3) is 11.4 Å². The number of carbonyl (C=O) groups is 1. The molecule has 9 nitrogen and oxygen atoms in total. The van der Waals surface area contributed by atoms with Crippen LogP contribution in [-0.4, -0.2) is 24.5 Å². The number of hydrogen-bond acceptors (Lipinski definition) is 7. The normalized spacial score (nSPS) is 16.0. The smallest absolute Gasteiger partial charge is 0.261 e. The number of carbonyl (C=O) groups excluding carboxylic acids is 1. The van der Waals surface area contributed by atoms with Gasteiger partial charge in [-0.1, -0.05) is 38.9 Å². The first kappa shape index (κ1) is 23.9. The Morgan fingerprint density at radius 3 is 2.38 bits per heavy atom. The third-order valence-corrected chi connectivity index (χ3v) is 7.38. The highest BCUT2D eigenvalue weighted by molar-refractivity contribution is 7.92. The largest absolute Gasteiger partial charge is 0.337 e. The van der Waals surface area contributed by atoms with E-state index in [0.29, 0.717) is 28.7 Å². The highest BCUT2D eigenvalue weighted by Gasteiger charge is 2.44. The van der Waals surface area contributed by atoms with E-state index in [-0.39, 0.29) is 21.6 Å². The molecule has 1 saturated carbocycles. The fourth-order valence-electron chi connectivity index (χ4n) is 3.20. The second-order valence-corrected chi connectivity index (χ2v) is 11.7. The lowest BCUT2D eigenvalue weighted by atomic mass is 9.87. The van der Waals surface area contributed by atoms with E-state index < -0.39 is 16.1 Å². The summed E-state index contributed by atoms with van der Waals surface area (Å²) in [5.74, 6) is 0.596. The molecular formula is C24H29N5O4S. The SMILES string of the molecule is CC1(C(=O)Nc2cccc(NS(=O)(=O)c3ccc(-c4noc(C(N)C(C)(C)C)n4)cc3)c2)CC1. The van der Waals surface area contributed by atoms with Gasteiger partial charge in [0, 0.05) is 16.7 Å². The van der Waals surface area contributed by atoms with Crippen LogP contribution in [0.2, 0.25) is 0 Å². The molecule has 0 spiro atoms. The zero-order chi connectivity index (χ0) is 24.7. The Labute approximate surface area is 199 Å². The lowest BCUT2D eigenvalue weighted by molar-refractivity contribution is -0.120. The summed E-state index contributed by atoms with van der Waals surface area (Å²) in [7, 11) is -3.85. The second kappa shape index (κ2) is 8.52. The van der Waals surface area contributed by atoms with Gasteiger partial charge in [-0.05, 0) is 60.7 Å². The van der Waals surface area contributed by atoms with Crippen LogP contribution in [0.15, 0.2) is 57.9 Å². The van der Waals surface area contributed by atoms with E-state index in [4.69, 9.17) is 10.3 Å². The topological polar surface area (TPSA) is 140 Å². The predicted molar refractivity (Wildman–Crippen MR) is 129 cm³/mol. The van der Waals surface area contributed by atoms with Crippen molar-refractivity contribution < 1.29 is 17.7 Å². The van der Waals surface area contributed by atoms with Gasteiger partial charge in [-0.3, -0.25) is 9.52 Å². The van der Waals surface area contributed by atoms with Gasteiger partial charge in [0.2, 0.25) is 17.6 Å². The minimum atomic E-state index is -3.85. The number of hydrogen-bond donors (Lipinski definition) is 3. The van der Waals surface area contributed by atoms with Crippen molar-refractivity contribution in [3.63, 3.8) is 0 Å². The van der Waals surface area contributed by atoms with Crippen molar-refractivity contribution >= 4 is 27.3 Å². The van der Waals surface area contributed by atoms with Gasteiger partial charge in [-0.15, -0.1) is 0 Å². The first-order valence-corrected chi connectivity index (χ1v) is 12.5. The molecule has 1 aliphatic rings. The van der Waals surface area contributed by atoms with E-state index in [0.717, 1.165) is 12.8 Å². The Morgan fingerprint density at radius 2 is 1.76 bits per heavy atom. The Kier molecular flexibility index (Phi) is 5.99. The standard InChI is InChI=1S/C24H29N5O4S/c1-23(2,3)19(25)21-27-20(28-33-21)15-8-10-18(11-9-15)34(31,32)29-17-7-5-6-16(14-17)26-22(30)24(4)12-13-24/h5-11,14,19,29H,12-13,25H2,1-4H3,(H,26,30). The molecule has 34 heavy (non-hydrogen) atoms. The van der Waals surface area contributed by atoms with Crippen molar-refractivity contribution in [3.05, 3.63) is 54.4 Å². The van der Waals surface area contributed by atoms with Crippen LogP contribution in [-0.2, 0) is 14.8 Å². The number of sulfonamides is 1. The Balaban J connectivity index is 1.47. The van der Waals surface area contributed by atoms with Crippen molar-refractivity contribution in [2.45, 2.75) is 51.5 Å². The molecule has 0 aliphatic heterocycles. The van der Waals surface area contributed by atoms with Crippen molar-refractivity contribution in [1.82, 2.24) is 10.1 Å². The zero-order valence-electron chi connectivity index (χ0n) is 19.6. The molecule has 4 N–H and O–H groups in total. The molecular weight excluding hydrogens is 454 g/mol. The first-order chi connectivity index (χ1) is 15.9. The summed E-state index contributed by atoms with van der Waals surface area (Å²) in [5.41, 5.74) is 7.09. The summed E-state index contributed by atoms with van der Waals surface area (Å²) >= 11 is 0. The molecule has 0 radical (unpaired) electrons. The first-order valence-electron chi connectivity index (χ1n) is 11.0. The number of nitrogens with zero attached hydrogens (tertiary/aromatic N) is 2. The van der Waals surface area contributed by atoms with E-state index >= 15 is 0 Å². The Bertz CT molecular complexity index is 1310. The fourth-order valence-corrected chi connectivity index (χ4v) is 4.25. The van der Waals surface area contributed by atoms with Crippen molar-refractivity contribution in [2.75, 3.05) is 10.0 Å². The number of aromatic nitrogens is 2. The highest BCUT2D eigenvalue weighted by atomic mass is 32.2. The molecule has 1 unspecified atom stereocenters. The Morgan fingerprint density at radius 1 is 1.12 bits per heavy atom. The third-order valence-electron chi connectivity index (χ3n) is 5.98. The average Bonchev–Trinajstić information content (AvgIpc) is 3.34. The summed E-state index contributed by atoms with van der Waals surface area (Å²) < 4.78 is 33.6. The summed E-state index contributed by atoms with van der Waals surface area (Å²) in [6.07, 6.45) is 1.71. The van der Waals surface area contributed by atoms with Crippen molar-refractivity contribution in [2.24, 2.45) is 16.6 Å². The number of anilines is 2. The molecule has 180 valence electrons. The van der Waals surface area contributed by atoms with E-state index in [1.807, 2.05) is 27.7 Å². The molecule has 1 fully saturated rings. The lowest BCUT2D eigenvalue weighted by Crippen LogP contribution is -2.26. The fraction of sp³-hybridized carbons (Fsp3) is 0.375. The van der Waals surface area contributed by atoms with Crippen LogP contribution in [0.3, 0.4) is 0 Å². The van der Waals surface area contributed by atoms with Crippen LogP contribution in [0.1, 0.15) is 52.5 Å². The van der Waals surface area contributed by atoms with Gasteiger partial charge in [0.15, 0.2) is 0 Å². The van der Waals surface area contributed by atoms with Gasteiger partial charge >= 0.3 is 0 Å². The number of nitrogens with two attached hydrogens (primary N) is 1. The van der Waals surface area contributed by atoms with Crippen molar-refractivity contribution in [1.29, 1.82) is 0 Å². The Hall–Kier alpha value is -3.24. The third kappa shape index (κ3) is 5.13. The molecule has 3 aromatic rings. The summed E-state index contributed by atoms with van der Waals surface area (Å²) in [6.45, 7) is 7.84. The van der Waals surface area contributed by atoms with Crippen LogP contribution in [0, 0.1) is 10.8 Å². The minimum Gasteiger partial charge on any atom is -0.337 e. The van der Waals surface area contributed by atoms with Gasteiger partial charge in [0.1, 0.15) is 0 Å². The molecule has 1 aliphatic carbocycles. The number of amides is 1. The number of nitrogens with one attached hydrogen (secondary N) is 2. The number of benzene rings is 2. The molecule has 1 atom stereocenters. The van der Waals surface area contributed by atoms with E-state index in [1.165, 1.54) is 12.1 Å². The zero-order valence-corrected chi connectivity index (χ0v) is 20.4. The molecule has 0 saturated heterocycles. The van der Waals surface area contributed by atoms with Gasteiger partial charge < -0.3 is 15.6 Å². The van der Waals surface area contributed by atoms with Gasteiger partial charge in [0.25, 0.3) is 10.0 Å². The minimum absolute atomic E-state index is 0.0591. The summed E-state index contributed by atoms with van der Waals surface area (Å²) in [6, 6.07) is 12.4. The van der Waals surface area contributed by atoms with Crippen molar-refractivity contribution in [3.8, 4) is 11.4 Å².